The van der Waals surface area contributed by atoms with E-state index >= 15 is 0 Å². The van der Waals surface area contributed by atoms with Gasteiger partial charge in [0.2, 0.25) is 0 Å². The van der Waals surface area contributed by atoms with Gasteiger partial charge in [0.25, 0.3) is 5.91 Å². The summed E-state index contributed by atoms with van der Waals surface area (Å²) in [6.07, 6.45) is 3.55. The van der Waals surface area contributed by atoms with Crippen LogP contribution in [0.25, 0.3) is 0 Å². The lowest BCUT2D eigenvalue weighted by atomic mass is 10.0. The molecule has 1 aromatic carbocycles. The largest absolute Gasteiger partial charge is 0.445 e. The number of anilines is 1. The Bertz CT molecular complexity index is 915. The molecule has 1 aliphatic rings. The molecular weight excluding hydrogens is 420 g/mol. The average Bonchev–Trinajstić information content (AvgIpc) is 3.06. The molecule has 0 saturated carbocycles. The number of aryl methyl sites for hydroxylation is 2. The summed E-state index contributed by atoms with van der Waals surface area (Å²) in [4.78, 5) is 27.5. The fourth-order valence-electron chi connectivity index (χ4n) is 3.27. The predicted octanol–water partition coefficient (Wildman–Crippen LogP) is 6.18. The fourth-order valence-corrected chi connectivity index (χ4v) is 4.31. The van der Waals surface area contributed by atoms with Gasteiger partial charge >= 0.3 is 6.09 Å². The summed E-state index contributed by atoms with van der Waals surface area (Å²) >= 11 is 0. The van der Waals surface area contributed by atoms with Crippen LogP contribution in [-0.2, 0) is 9.16 Å². The number of carbonyl (C=O) groups excluding carboxylic acids is 2. The molecule has 1 aromatic rings. The van der Waals surface area contributed by atoms with E-state index in [0.29, 0.717) is 17.9 Å². The van der Waals surface area contributed by atoms with Crippen molar-refractivity contribution in [3.8, 4) is 0 Å². The second-order valence-corrected chi connectivity index (χ2v) is 14.9. The van der Waals surface area contributed by atoms with E-state index in [1.54, 1.807) is 4.90 Å². The molecule has 0 spiro atoms. The summed E-state index contributed by atoms with van der Waals surface area (Å²) in [6, 6.07) is 3.57. The molecule has 6 nitrogen and oxygen atoms in total. The van der Waals surface area contributed by atoms with Crippen molar-refractivity contribution in [1.82, 2.24) is 4.90 Å². The van der Waals surface area contributed by atoms with Gasteiger partial charge in [0, 0.05) is 6.20 Å². The number of hydrogen-bond acceptors (Lipinski definition) is 4. The van der Waals surface area contributed by atoms with Crippen LogP contribution in [0.4, 0.5) is 10.5 Å². The monoisotopic (exact) mass is 458 g/mol. The fraction of sp³-hybridized carbons (Fsp3) is 0.520. The molecule has 0 aliphatic carbocycles. The highest BCUT2D eigenvalue weighted by atomic mass is 28.4. The highest BCUT2D eigenvalue weighted by molar-refractivity contribution is 6.74. The van der Waals surface area contributed by atoms with Crippen molar-refractivity contribution in [3.05, 3.63) is 53.3 Å². The van der Waals surface area contributed by atoms with Crippen LogP contribution in [-0.4, -0.2) is 44.5 Å². The van der Waals surface area contributed by atoms with Crippen molar-refractivity contribution < 1.29 is 18.8 Å². The molecule has 1 N–H and O–H groups in total. The standard InChI is InChI=1S/C25H38N2O4Si/c1-10-11-30-24(29)26-22-14-19(4)18(3)13-21(22)23(28)27-15-17(2)12-20(27)16-31-32(8,9)25(5,6)7/h10,13-15,20H,1,11-12,16H2,2-9H3,(H,26,29)/t20-/m0/s1. The first-order valence-electron chi connectivity index (χ1n) is 11.1. The highest BCUT2D eigenvalue weighted by Gasteiger charge is 2.39. The molecule has 2 rings (SSSR count). The van der Waals surface area contributed by atoms with Crippen LogP contribution in [0.2, 0.25) is 18.1 Å². The lowest BCUT2D eigenvalue weighted by Gasteiger charge is -2.38. The minimum atomic E-state index is -1.94. The van der Waals surface area contributed by atoms with E-state index in [2.05, 4.69) is 45.8 Å². The molecule has 0 fully saturated rings. The lowest BCUT2D eigenvalue weighted by molar-refractivity contribution is 0.0738. The Morgan fingerprint density at radius 2 is 1.84 bits per heavy atom. The summed E-state index contributed by atoms with van der Waals surface area (Å²) in [5.41, 5.74) is 3.96. The van der Waals surface area contributed by atoms with Gasteiger partial charge in [-0.05, 0) is 68.6 Å². The van der Waals surface area contributed by atoms with Gasteiger partial charge in [-0.25, -0.2) is 4.79 Å². The van der Waals surface area contributed by atoms with E-state index in [0.717, 1.165) is 23.1 Å². The van der Waals surface area contributed by atoms with Crippen LogP contribution in [0.15, 0.2) is 36.6 Å². The van der Waals surface area contributed by atoms with Gasteiger partial charge in [-0.1, -0.05) is 39.0 Å². The molecule has 0 unspecified atom stereocenters. The SMILES string of the molecule is C=CCOC(=O)Nc1cc(C)c(C)cc1C(=O)N1C=C(C)C[C@H]1CO[Si](C)(C)C(C)(C)C. The summed E-state index contributed by atoms with van der Waals surface area (Å²) in [5.74, 6) is -0.159. The molecular formula is C25H38N2O4Si. The van der Waals surface area contributed by atoms with E-state index in [1.165, 1.54) is 6.08 Å². The number of hydrogen-bond donors (Lipinski definition) is 1. The van der Waals surface area contributed by atoms with Crippen molar-refractivity contribution in [2.75, 3.05) is 18.5 Å². The second kappa shape index (κ2) is 10.0. The van der Waals surface area contributed by atoms with Crippen LogP contribution in [0, 0.1) is 13.8 Å². The molecule has 32 heavy (non-hydrogen) atoms. The van der Waals surface area contributed by atoms with Gasteiger partial charge < -0.3 is 14.1 Å². The third kappa shape index (κ3) is 6.10. The van der Waals surface area contributed by atoms with E-state index in [-0.39, 0.29) is 23.6 Å². The smallest absolute Gasteiger partial charge is 0.411 e. The molecule has 0 bridgehead atoms. The van der Waals surface area contributed by atoms with Gasteiger partial charge in [-0.3, -0.25) is 10.1 Å². The van der Waals surface area contributed by atoms with Crippen molar-refractivity contribution in [1.29, 1.82) is 0 Å². The summed E-state index contributed by atoms with van der Waals surface area (Å²) in [7, 11) is -1.94. The van der Waals surface area contributed by atoms with Crippen LogP contribution >= 0.6 is 0 Å². The van der Waals surface area contributed by atoms with Crippen molar-refractivity contribution >= 4 is 26.0 Å². The first-order valence-corrected chi connectivity index (χ1v) is 14.0. The molecule has 1 atom stereocenters. The number of nitrogens with one attached hydrogen (secondary N) is 1. The second-order valence-electron chi connectivity index (χ2n) is 10.1. The minimum absolute atomic E-state index is 0.0706. The van der Waals surface area contributed by atoms with Gasteiger partial charge in [0.1, 0.15) is 6.61 Å². The summed E-state index contributed by atoms with van der Waals surface area (Å²) in [6.45, 7) is 21.1. The van der Waals surface area contributed by atoms with E-state index < -0.39 is 14.4 Å². The molecule has 0 saturated heterocycles. The lowest BCUT2D eigenvalue weighted by Crippen LogP contribution is -2.45. The molecule has 1 heterocycles. The predicted molar refractivity (Wildman–Crippen MR) is 133 cm³/mol. The Labute approximate surface area is 193 Å². The van der Waals surface area contributed by atoms with E-state index in [1.807, 2.05) is 39.1 Å². The Balaban J connectivity index is 2.30. The normalized spacial score (nSPS) is 16.6. The number of nitrogens with zero attached hydrogens (tertiary/aromatic N) is 1. The van der Waals surface area contributed by atoms with Crippen LogP contribution in [0.1, 0.15) is 55.6 Å². The number of carbonyl (C=O) groups is 2. The third-order valence-electron chi connectivity index (χ3n) is 6.42. The first-order chi connectivity index (χ1) is 14.8. The van der Waals surface area contributed by atoms with Crippen molar-refractivity contribution in [2.45, 2.75) is 72.1 Å². The molecule has 176 valence electrons. The maximum absolute atomic E-state index is 13.6. The zero-order chi connectivity index (χ0) is 24.3. The van der Waals surface area contributed by atoms with Crippen molar-refractivity contribution in [3.63, 3.8) is 0 Å². The summed E-state index contributed by atoms with van der Waals surface area (Å²) in [5, 5.41) is 2.82. The van der Waals surface area contributed by atoms with Crippen LogP contribution in [0.3, 0.4) is 0 Å². The minimum Gasteiger partial charge on any atom is -0.445 e. The number of benzene rings is 1. The van der Waals surface area contributed by atoms with Gasteiger partial charge in [0.15, 0.2) is 8.32 Å². The number of amides is 2. The third-order valence-corrected chi connectivity index (χ3v) is 10.9. The zero-order valence-electron chi connectivity index (χ0n) is 20.8. The van der Waals surface area contributed by atoms with Crippen molar-refractivity contribution in [2.24, 2.45) is 0 Å². The summed E-state index contributed by atoms with van der Waals surface area (Å²) < 4.78 is 11.5. The van der Waals surface area contributed by atoms with Gasteiger partial charge in [-0.2, -0.15) is 0 Å². The van der Waals surface area contributed by atoms with Crippen LogP contribution < -0.4 is 5.32 Å². The molecule has 2 amide bonds. The Morgan fingerprint density at radius 3 is 2.44 bits per heavy atom. The Kier molecular flexibility index (Phi) is 8.12. The van der Waals surface area contributed by atoms with Gasteiger partial charge in [-0.15, -0.1) is 0 Å². The maximum atomic E-state index is 13.6. The molecule has 7 heteroatoms. The average molecular weight is 459 g/mol. The number of rotatable bonds is 7. The molecule has 1 aliphatic heterocycles. The first kappa shape index (κ1) is 25.9. The van der Waals surface area contributed by atoms with E-state index in [4.69, 9.17) is 9.16 Å². The molecule has 0 radical (unpaired) electrons. The molecule has 0 aromatic heterocycles. The Morgan fingerprint density at radius 1 is 1.22 bits per heavy atom. The quantitative estimate of drug-likeness (QED) is 0.391. The topological polar surface area (TPSA) is 67.9 Å². The van der Waals surface area contributed by atoms with Gasteiger partial charge in [0.05, 0.1) is 23.9 Å². The zero-order valence-corrected chi connectivity index (χ0v) is 21.8. The van der Waals surface area contributed by atoms with E-state index in [9.17, 15) is 9.59 Å². The Hall–Kier alpha value is -2.38. The maximum Gasteiger partial charge on any atom is 0.411 e. The van der Waals surface area contributed by atoms with Crippen LogP contribution in [0.5, 0.6) is 0 Å². The number of ether oxygens (including phenoxy) is 1. The highest BCUT2D eigenvalue weighted by Crippen LogP contribution is 2.37.